The summed E-state index contributed by atoms with van der Waals surface area (Å²) < 4.78 is 5.28. The van der Waals surface area contributed by atoms with Gasteiger partial charge in [-0.25, -0.2) is 4.79 Å². The summed E-state index contributed by atoms with van der Waals surface area (Å²) >= 11 is 0. The first-order chi connectivity index (χ1) is 11.5. The number of urea groups is 1. The fraction of sp³-hybridized carbons (Fsp3) is 0.471. The van der Waals surface area contributed by atoms with Crippen molar-refractivity contribution < 1.29 is 19.1 Å². The number of carbonyl (C=O) groups is 3. The molecule has 1 saturated heterocycles. The van der Waals surface area contributed by atoms with E-state index in [4.69, 9.17) is 4.74 Å². The molecule has 1 fully saturated rings. The Morgan fingerprint density at radius 2 is 2.08 bits per heavy atom. The molecule has 0 bridgehead atoms. The average molecular weight is 333 g/mol. The number of methoxy groups -OCH3 is 1. The predicted octanol–water partition coefficient (Wildman–Crippen LogP) is 1.59. The minimum absolute atomic E-state index is 0.287. The van der Waals surface area contributed by atoms with Crippen LogP contribution in [0.15, 0.2) is 24.3 Å². The SMILES string of the molecule is CCCC1NC(=O)N(CC(=O)NC(C)c2ccccc2OC)C1=O. The van der Waals surface area contributed by atoms with E-state index in [0.29, 0.717) is 12.2 Å². The molecule has 1 aliphatic rings. The van der Waals surface area contributed by atoms with Crippen LogP contribution in [0.3, 0.4) is 0 Å². The highest BCUT2D eigenvalue weighted by molar-refractivity contribution is 6.06. The quantitative estimate of drug-likeness (QED) is 0.742. The Labute approximate surface area is 141 Å². The number of benzene rings is 1. The second kappa shape index (κ2) is 7.81. The summed E-state index contributed by atoms with van der Waals surface area (Å²) in [5, 5.41) is 5.39. The van der Waals surface area contributed by atoms with Gasteiger partial charge in [-0.1, -0.05) is 31.5 Å². The number of hydrogen-bond donors (Lipinski definition) is 2. The average Bonchev–Trinajstić information content (AvgIpc) is 2.82. The fourth-order valence-electron chi connectivity index (χ4n) is 2.74. The van der Waals surface area contributed by atoms with Crippen LogP contribution in [0.5, 0.6) is 5.75 Å². The molecule has 2 unspecified atom stereocenters. The highest BCUT2D eigenvalue weighted by Gasteiger charge is 2.38. The third-order valence-corrected chi connectivity index (χ3v) is 3.97. The van der Waals surface area contributed by atoms with E-state index in [0.717, 1.165) is 16.9 Å². The van der Waals surface area contributed by atoms with E-state index in [9.17, 15) is 14.4 Å². The molecular formula is C17H23N3O4. The van der Waals surface area contributed by atoms with Gasteiger partial charge in [0.05, 0.1) is 13.2 Å². The minimum Gasteiger partial charge on any atom is -0.496 e. The third kappa shape index (κ3) is 3.84. The Morgan fingerprint density at radius 3 is 2.75 bits per heavy atom. The number of rotatable bonds is 7. The third-order valence-electron chi connectivity index (χ3n) is 3.97. The monoisotopic (exact) mass is 333 g/mol. The molecule has 0 saturated carbocycles. The summed E-state index contributed by atoms with van der Waals surface area (Å²) in [6.45, 7) is 3.47. The van der Waals surface area contributed by atoms with E-state index in [-0.39, 0.29) is 18.5 Å². The van der Waals surface area contributed by atoms with Crippen LogP contribution in [0.4, 0.5) is 4.79 Å². The molecule has 0 spiro atoms. The van der Waals surface area contributed by atoms with Crippen LogP contribution in [0.25, 0.3) is 0 Å². The predicted molar refractivity (Wildman–Crippen MR) is 88.5 cm³/mol. The highest BCUT2D eigenvalue weighted by Crippen LogP contribution is 2.24. The van der Waals surface area contributed by atoms with Crippen LogP contribution in [-0.2, 0) is 9.59 Å². The number of nitrogens with one attached hydrogen (secondary N) is 2. The van der Waals surface area contributed by atoms with Gasteiger partial charge in [0.25, 0.3) is 5.91 Å². The van der Waals surface area contributed by atoms with Gasteiger partial charge in [-0.3, -0.25) is 14.5 Å². The van der Waals surface area contributed by atoms with Gasteiger partial charge >= 0.3 is 6.03 Å². The zero-order valence-corrected chi connectivity index (χ0v) is 14.2. The van der Waals surface area contributed by atoms with Crippen molar-refractivity contribution in [2.24, 2.45) is 0 Å². The zero-order chi connectivity index (χ0) is 17.7. The summed E-state index contributed by atoms with van der Waals surface area (Å²) in [4.78, 5) is 37.2. The van der Waals surface area contributed by atoms with Gasteiger partial charge in [0.1, 0.15) is 18.3 Å². The molecule has 1 aromatic carbocycles. The second-order valence-corrected chi connectivity index (χ2v) is 5.75. The first-order valence-corrected chi connectivity index (χ1v) is 8.02. The maximum atomic E-state index is 12.2. The van der Waals surface area contributed by atoms with Crippen LogP contribution in [-0.4, -0.2) is 42.4 Å². The van der Waals surface area contributed by atoms with Gasteiger partial charge in [0, 0.05) is 5.56 Å². The Kier molecular flexibility index (Phi) is 5.78. The van der Waals surface area contributed by atoms with Crippen molar-refractivity contribution in [3.05, 3.63) is 29.8 Å². The Morgan fingerprint density at radius 1 is 1.38 bits per heavy atom. The molecular weight excluding hydrogens is 310 g/mol. The Bertz CT molecular complexity index is 632. The number of imide groups is 1. The number of carbonyl (C=O) groups excluding carboxylic acids is 3. The van der Waals surface area contributed by atoms with E-state index in [1.807, 2.05) is 38.1 Å². The van der Waals surface area contributed by atoms with E-state index in [1.54, 1.807) is 7.11 Å². The maximum Gasteiger partial charge on any atom is 0.325 e. The van der Waals surface area contributed by atoms with Crippen molar-refractivity contribution in [3.63, 3.8) is 0 Å². The van der Waals surface area contributed by atoms with Gasteiger partial charge < -0.3 is 15.4 Å². The van der Waals surface area contributed by atoms with Crippen LogP contribution in [0.2, 0.25) is 0 Å². The number of ether oxygens (including phenoxy) is 1. The lowest BCUT2D eigenvalue weighted by Gasteiger charge is -2.19. The molecule has 130 valence electrons. The molecule has 24 heavy (non-hydrogen) atoms. The van der Waals surface area contributed by atoms with Crippen molar-refractivity contribution in [1.29, 1.82) is 0 Å². The van der Waals surface area contributed by atoms with Gasteiger partial charge in [0.15, 0.2) is 0 Å². The molecule has 2 N–H and O–H groups in total. The molecule has 0 aromatic heterocycles. The molecule has 4 amide bonds. The molecule has 2 rings (SSSR count). The maximum absolute atomic E-state index is 12.2. The van der Waals surface area contributed by atoms with Crippen molar-refractivity contribution in [3.8, 4) is 5.75 Å². The lowest BCUT2D eigenvalue weighted by atomic mass is 10.1. The summed E-state index contributed by atoms with van der Waals surface area (Å²) in [5.74, 6) is -0.0701. The van der Waals surface area contributed by atoms with Crippen LogP contribution >= 0.6 is 0 Å². The van der Waals surface area contributed by atoms with Gasteiger partial charge in [-0.2, -0.15) is 0 Å². The van der Waals surface area contributed by atoms with Crippen molar-refractivity contribution in [2.45, 2.75) is 38.8 Å². The van der Waals surface area contributed by atoms with Crippen LogP contribution < -0.4 is 15.4 Å². The molecule has 0 aliphatic carbocycles. The summed E-state index contributed by atoms with van der Waals surface area (Å²) in [5.41, 5.74) is 0.828. The smallest absolute Gasteiger partial charge is 0.325 e. The lowest BCUT2D eigenvalue weighted by Crippen LogP contribution is -2.41. The van der Waals surface area contributed by atoms with Crippen LogP contribution in [0.1, 0.15) is 38.3 Å². The van der Waals surface area contributed by atoms with Gasteiger partial charge in [-0.15, -0.1) is 0 Å². The molecule has 1 heterocycles. The van der Waals surface area contributed by atoms with Crippen molar-refractivity contribution in [2.75, 3.05) is 13.7 Å². The van der Waals surface area contributed by atoms with Crippen molar-refractivity contribution in [1.82, 2.24) is 15.5 Å². The number of para-hydroxylation sites is 1. The topological polar surface area (TPSA) is 87.7 Å². The van der Waals surface area contributed by atoms with Gasteiger partial charge in [0.2, 0.25) is 5.91 Å². The van der Waals surface area contributed by atoms with E-state index in [2.05, 4.69) is 10.6 Å². The summed E-state index contributed by atoms with van der Waals surface area (Å²) in [6.07, 6.45) is 1.35. The molecule has 7 nitrogen and oxygen atoms in total. The summed E-state index contributed by atoms with van der Waals surface area (Å²) in [6, 6.07) is 6.02. The van der Waals surface area contributed by atoms with Crippen LogP contribution in [0, 0.1) is 0 Å². The fourth-order valence-corrected chi connectivity index (χ4v) is 2.74. The molecule has 1 aliphatic heterocycles. The van der Waals surface area contributed by atoms with E-state index < -0.39 is 18.0 Å². The molecule has 0 radical (unpaired) electrons. The number of nitrogens with zero attached hydrogens (tertiary/aromatic N) is 1. The highest BCUT2D eigenvalue weighted by atomic mass is 16.5. The largest absolute Gasteiger partial charge is 0.496 e. The first kappa shape index (κ1) is 17.8. The molecule has 2 atom stereocenters. The number of amides is 4. The first-order valence-electron chi connectivity index (χ1n) is 8.02. The Hall–Kier alpha value is -2.57. The lowest BCUT2D eigenvalue weighted by molar-refractivity contribution is -0.132. The van der Waals surface area contributed by atoms with Gasteiger partial charge in [-0.05, 0) is 19.4 Å². The zero-order valence-electron chi connectivity index (χ0n) is 14.2. The van der Waals surface area contributed by atoms with E-state index in [1.165, 1.54) is 0 Å². The summed E-state index contributed by atoms with van der Waals surface area (Å²) in [7, 11) is 1.56. The minimum atomic E-state index is -0.526. The Balaban J connectivity index is 1.98. The van der Waals surface area contributed by atoms with Crippen molar-refractivity contribution >= 4 is 17.8 Å². The molecule has 1 aromatic rings. The molecule has 7 heteroatoms. The normalized spacial score (nSPS) is 18.3. The standard InChI is InChI=1S/C17H23N3O4/c1-4-7-13-16(22)20(17(23)19-13)10-15(21)18-11(2)12-8-5-6-9-14(12)24-3/h5-6,8-9,11,13H,4,7,10H2,1-3H3,(H,18,21)(H,19,23). The number of hydrogen-bond acceptors (Lipinski definition) is 4. The van der Waals surface area contributed by atoms with E-state index >= 15 is 0 Å². The second-order valence-electron chi connectivity index (χ2n) is 5.75.